The molecule has 0 saturated heterocycles. The van der Waals surface area contributed by atoms with E-state index in [1.165, 1.54) is 6.07 Å². The first-order valence-electron chi connectivity index (χ1n) is 5.20. The molecule has 4 nitrogen and oxygen atoms in total. The van der Waals surface area contributed by atoms with Crippen LogP contribution in [0, 0.1) is 5.82 Å². The maximum absolute atomic E-state index is 13.3. The Morgan fingerprint density at radius 2 is 2.11 bits per heavy atom. The van der Waals surface area contributed by atoms with E-state index in [1.807, 2.05) is 6.07 Å². The van der Waals surface area contributed by atoms with Gasteiger partial charge in [0, 0.05) is 17.8 Å². The summed E-state index contributed by atoms with van der Waals surface area (Å²) in [6.07, 6.45) is 1.62. The van der Waals surface area contributed by atoms with Crippen LogP contribution in [-0.2, 0) is 6.61 Å². The zero-order valence-corrected chi connectivity index (χ0v) is 10.3. The van der Waals surface area contributed by atoms with Crippen LogP contribution in [-0.4, -0.2) is 11.0 Å². The molecule has 1 heterocycles. The van der Waals surface area contributed by atoms with Crippen molar-refractivity contribution in [2.24, 2.45) is 0 Å². The molecule has 19 heavy (non-hydrogen) atoms. The average Bonchev–Trinajstić information content (AvgIpc) is 2.37. The van der Waals surface area contributed by atoms with Crippen LogP contribution >= 0.6 is 0 Å². The van der Waals surface area contributed by atoms with Crippen molar-refractivity contribution in [3.8, 4) is 5.75 Å². The number of carbonyl (C=O) groups excluding carboxylic acids is 1. The number of carboxylic acid groups (broad SMARTS) is 1. The van der Waals surface area contributed by atoms with Crippen LogP contribution in [0.15, 0.2) is 42.6 Å². The minimum atomic E-state index is -1.55. The molecule has 2 aromatic rings. The molecule has 0 spiro atoms. The van der Waals surface area contributed by atoms with Crippen LogP contribution in [0.1, 0.15) is 16.1 Å². The average molecular weight is 253 g/mol. The minimum Gasteiger partial charge on any atom is -0.545 e. The van der Waals surface area contributed by atoms with Gasteiger partial charge >= 0.3 is 18.9 Å². The van der Waals surface area contributed by atoms with Crippen LogP contribution in [0.2, 0.25) is 0 Å². The van der Waals surface area contributed by atoms with Crippen LogP contribution in [0.25, 0.3) is 0 Å². The van der Waals surface area contributed by atoms with Gasteiger partial charge in [-0.05, 0) is 24.3 Å². The number of hydrogen-bond donors (Lipinski definition) is 0. The third-order valence-electron chi connectivity index (χ3n) is 2.27. The predicted molar refractivity (Wildman–Crippen MR) is 59.3 cm³/mol. The summed E-state index contributed by atoms with van der Waals surface area (Å²) in [4.78, 5) is 14.5. The molecular weight excluding hydrogens is 244 g/mol. The first kappa shape index (κ1) is 15.2. The van der Waals surface area contributed by atoms with Gasteiger partial charge in [-0.3, -0.25) is 4.98 Å². The third-order valence-corrected chi connectivity index (χ3v) is 2.27. The Balaban J connectivity index is 0.00000180. The largest absolute Gasteiger partial charge is 1.00 e. The standard InChI is InChI=1S/C13H10FNO3.Li/c14-12-7-10(4-5-11(12)13(16)17)18-8-9-3-1-2-6-15-9;/h1-7H,8H2,(H,16,17);/q;+1/p-1. The van der Waals surface area contributed by atoms with Gasteiger partial charge in [0.1, 0.15) is 18.2 Å². The summed E-state index contributed by atoms with van der Waals surface area (Å²) in [6, 6.07) is 8.85. The van der Waals surface area contributed by atoms with Gasteiger partial charge in [0.15, 0.2) is 0 Å². The summed E-state index contributed by atoms with van der Waals surface area (Å²) >= 11 is 0. The molecule has 0 unspecified atom stereocenters. The van der Waals surface area contributed by atoms with E-state index in [9.17, 15) is 14.3 Å². The third kappa shape index (κ3) is 4.09. The van der Waals surface area contributed by atoms with Gasteiger partial charge in [-0.15, -0.1) is 0 Å². The number of pyridine rings is 1. The number of aromatic nitrogens is 1. The molecule has 1 aromatic heterocycles. The summed E-state index contributed by atoms with van der Waals surface area (Å²) < 4.78 is 18.6. The summed E-state index contributed by atoms with van der Waals surface area (Å²) in [5, 5.41) is 10.5. The Hall–Kier alpha value is -1.83. The summed E-state index contributed by atoms with van der Waals surface area (Å²) in [6.45, 7) is 0.185. The molecule has 0 aliphatic heterocycles. The van der Waals surface area contributed by atoms with Crippen LogP contribution in [0.5, 0.6) is 5.75 Å². The Kier molecular flexibility index (Phi) is 5.55. The number of carbonyl (C=O) groups is 1. The quantitative estimate of drug-likeness (QED) is 0.601. The second-order valence-corrected chi connectivity index (χ2v) is 3.54. The monoisotopic (exact) mass is 253 g/mol. The number of nitrogens with zero attached hydrogens (tertiary/aromatic N) is 1. The van der Waals surface area contributed by atoms with E-state index in [0.29, 0.717) is 5.69 Å². The first-order chi connectivity index (χ1) is 8.66. The van der Waals surface area contributed by atoms with E-state index >= 15 is 0 Å². The molecular formula is C13H9FLiNO3. The maximum Gasteiger partial charge on any atom is 1.00 e. The molecule has 92 valence electrons. The van der Waals surface area contributed by atoms with Gasteiger partial charge in [-0.2, -0.15) is 0 Å². The Bertz CT molecular complexity index is 563. The molecule has 0 aliphatic carbocycles. The molecule has 1 aromatic carbocycles. The first-order valence-corrected chi connectivity index (χ1v) is 5.20. The van der Waals surface area contributed by atoms with Crippen molar-refractivity contribution in [1.29, 1.82) is 0 Å². The molecule has 2 rings (SSSR count). The van der Waals surface area contributed by atoms with Crippen molar-refractivity contribution in [3.63, 3.8) is 0 Å². The molecule has 0 aliphatic rings. The van der Waals surface area contributed by atoms with Gasteiger partial charge < -0.3 is 14.6 Å². The van der Waals surface area contributed by atoms with E-state index in [1.54, 1.807) is 18.3 Å². The van der Waals surface area contributed by atoms with Crippen molar-refractivity contribution in [2.75, 3.05) is 0 Å². The molecule has 0 amide bonds. The van der Waals surface area contributed by atoms with Crippen LogP contribution in [0.4, 0.5) is 4.39 Å². The fourth-order valence-corrected chi connectivity index (χ4v) is 1.39. The zero-order valence-electron chi connectivity index (χ0n) is 10.3. The topological polar surface area (TPSA) is 62.2 Å². The number of hydrogen-bond acceptors (Lipinski definition) is 4. The zero-order chi connectivity index (χ0) is 13.0. The van der Waals surface area contributed by atoms with Crippen molar-refractivity contribution in [3.05, 3.63) is 59.7 Å². The number of carboxylic acids is 1. The Morgan fingerprint density at radius 3 is 2.68 bits per heavy atom. The molecule has 0 radical (unpaired) electrons. The van der Waals surface area contributed by atoms with E-state index in [0.717, 1.165) is 12.1 Å². The van der Waals surface area contributed by atoms with Crippen molar-refractivity contribution in [2.45, 2.75) is 6.61 Å². The van der Waals surface area contributed by atoms with E-state index in [2.05, 4.69) is 4.98 Å². The SMILES string of the molecule is O=C([O-])c1ccc(OCc2ccccn2)cc1F.[Li+]. The number of benzene rings is 1. The van der Waals surface area contributed by atoms with E-state index < -0.39 is 17.3 Å². The maximum atomic E-state index is 13.3. The van der Waals surface area contributed by atoms with E-state index in [4.69, 9.17) is 4.74 Å². The summed E-state index contributed by atoms with van der Waals surface area (Å²) in [5.74, 6) is -2.19. The molecule has 0 atom stereocenters. The number of halogens is 1. The Morgan fingerprint density at radius 1 is 1.32 bits per heavy atom. The smallest absolute Gasteiger partial charge is 0.545 e. The van der Waals surface area contributed by atoms with Gasteiger partial charge in [-0.1, -0.05) is 6.07 Å². The van der Waals surface area contributed by atoms with Crippen LogP contribution < -0.4 is 28.7 Å². The molecule has 0 bridgehead atoms. The van der Waals surface area contributed by atoms with Gasteiger partial charge in [-0.25, -0.2) is 4.39 Å². The van der Waals surface area contributed by atoms with E-state index in [-0.39, 0.29) is 31.2 Å². The normalized spacial score (nSPS) is 9.53. The Labute approximate surface area is 121 Å². The molecule has 0 N–H and O–H groups in total. The molecule has 0 saturated carbocycles. The molecule has 6 heteroatoms. The fraction of sp³-hybridized carbons (Fsp3) is 0.0769. The van der Waals surface area contributed by atoms with Crippen molar-refractivity contribution in [1.82, 2.24) is 4.98 Å². The minimum absolute atomic E-state index is 0. The van der Waals surface area contributed by atoms with Crippen molar-refractivity contribution < 1.29 is 37.9 Å². The van der Waals surface area contributed by atoms with Crippen LogP contribution in [0.3, 0.4) is 0 Å². The molecule has 0 fully saturated rings. The van der Waals surface area contributed by atoms with Gasteiger partial charge in [0.2, 0.25) is 0 Å². The number of aromatic carboxylic acids is 1. The second-order valence-electron chi connectivity index (χ2n) is 3.54. The van der Waals surface area contributed by atoms with Gasteiger partial charge in [0.25, 0.3) is 0 Å². The second kappa shape index (κ2) is 6.93. The number of ether oxygens (including phenoxy) is 1. The van der Waals surface area contributed by atoms with Gasteiger partial charge in [0.05, 0.1) is 11.7 Å². The number of rotatable bonds is 4. The fourth-order valence-electron chi connectivity index (χ4n) is 1.39. The summed E-state index contributed by atoms with van der Waals surface area (Å²) in [7, 11) is 0. The predicted octanol–water partition coefficient (Wildman–Crippen LogP) is -1.83. The summed E-state index contributed by atoms with van der Waals surface area (Å²) in [5.41, 5.74) is 0.210. The van der Waals surface area contributed by atoms with Crippen molar-refractivity contribution >= 4 is 5.97 Å².